The van der Waals surface area contributed by atoms with Crippen LogP contribution in [0.4, 0.5) is 8.78 Å². The predicted octanol–water partition coefficient (Wildman–Crippen LogP) is 3.81. The minimum Gasteiger partial charge on any atom is -0.390 e. The number of thiol groups is 1. The number of hydrogen-bond donors (Lipinski definition) is 3. The van der Waals surface area contributed by atoms with E-state index in [1.54, 1.807) is 6.92 Å². The van der Waals surface area contributed by atoms with Crippen molar-refractivity contribution in [1.82, 2.24) is 0 Å². The minimum absolute atomic E-state index is 0.0395. The quantitative estimate of drug-likeness (QED) is 0.478. The molecule has 6 heteroatoms. The van der Waals surface area contributed by atoms with Gasteiger partial charge in [-0.2, -0.15) is 0 Å². The minimum atomic E-state index is -2.04. The molecule has 0 amide bonds. The van der Waals surface area contributed by atoms with Gasteiger partial charge in [0, 0.05) is 17.3 Å². The van der Waals surface area contributed by atoms with E-state index in [1.807, 2.05) is 13.8 Å². The lowest BCUT2D eigenvalue weighted by Crippen LogP contribution is -2.68. The summed E-state index contributed by atoms with van der Waals surface area (Å²) < 4.78 is 32.2. The summed E-state index contributed by atoms with van der Waals surface area (Å²) in [5.41, 5.74) is -4.60. The van der Waals surface area contributed by atoms with Crippen molar-refractivity contribution >= 4 is 18.4 Å². The van der Waals surface area contributed by atoms with Crippen LogP contribution in [0.5, 0.6) is 0 Å². The summed E-state index contributed by atoms with van der Waals surface area (Å²) in [5.74, 6) is -1.18. The maximum Gasteiger partial charge on any atom is 0.178 e. The molecular formula is C22H30F2O3S. The highest BCUT2D eigenvalue weighted by Gasteiger charge is 2.73. The van der Waals surface area contributed by atoms with Crippen LogP contribution < -0.4 is 0 Å². The fraction of sp³-hybridized carbons (Fsp3) is 0.773. The monoisotopic (exact) mass is 412 g/mol. The third-order valence-corrected chi connectivity index (χ3v) is 9.06. The third-order valence-electron chi connectivity index (χ3n) is 8.73. The third kappa shape index (κ3) is 2.37. The van der Waals surface area contributed by atoms with Crippen LogP contribution in [0.1, 0.15) is 46.5 Å². The van der Waals surface area contributed by atoms with Crippen LogP contribution in [-0.2, 0) is 4.79 Å². The van der Waals surface area contributed by atoms with Crippen LogP contribution in [0.25, 0.3) is 0 Å². The summed E-state index contributed by atoms with van der Waals surface area (Å²) in [4.78, 5) is 11.8. The van der Waals surface area contributed by atoms with Crippen LogP contribution >= 0.6 is 12.6 Å². The lowest BCUT2D eigenvalue weighted by Gasteiger charge is -2.62. The van der Waals surface area contributed by atoms with Crippen LogP contribution in [0.3, 0.4) is 0 Å². The van der Waals surface area contributed by atoms with E-state index < -0.39 is 40.1 Å². The summed E-state index contributed by atoms with van der Waals surface area (Å²) in [6.07, 6.45) is 2.94. The van der Waals surface area contributed by atoms with Gasteiger partial charge < -0.3 is 10.2 Å². The van der Waals surface area contributed by atoms with Gasteiger partial charge in [-0.15, -0.1) is 12.6 Å². The second-order valence-electron chi connectivity index (χ2n) is 9.79. The van der Waals surface area contributed by atoms with Gasteiger partial charge in [0.15, 0.2) is 11.5 Å². The molecule has 0 heterocycles. The van der Waals surface area contributed by atoms with E-state index in [4.69, 9.17) is 0 Å². The van der Waals surface area contributed by atoms with Crippen LogP contribution in [0.15, 0.2) is 23.8 Å². The number of carbonyl (C=O) groups excluding carboxylic acids is 1. The molecule has 0 aromatic carbocycles. The Kier molecular flexibility index (Phi) is 4.69. The SMILES string of the molecule is CC[C@@H]1CC2C3C[C@H](F)C4=CC(=O)C=C[C@]4(C)[C@@]3(F)[C@@H](O)C[C@]2(C)[C@H]1C(O)S. The largest absolute Gasteiger partial charge is 0.390 e. The summed E-state index contributed by atoms with van der Waals surface area (Å²) >= 11 is 4.31. The zero-order valence-corrected chi connectivity index (χ0v) is 17.5. The van der Waals surface area contributed by atoms with Crippen molar-refractivity contribution in [2.24, 2.45) is 34.5 Å². The first-order valence-electron chi connectivity index (χ1n) is 10.3. The Morgan fingerprint density at radius 1 is 1.32 bits per heavy atom. The lowest BCUT2D eigenvalue weighted by atomic mass is 9.45. The number of rotatable bonds is 2. The number of ketones is 1. The molecule has 4 aliphatic rings. The van der Waals surface area contributed by atoms with Crippen molar-refractivity contribution in [2.75, 3.05) is 0 Å². The molecule has 0 aliphatic heterocycles. The van der Waals surface area contributed by atoms with E-state index in [0.29, 0.717) is 6.42 Å². The molecule has 3 saturated carbocycles. The van der Waals surface area contributed by atoms with Crippen molar-refractivity contribution in [3.05, 3.63) is 23.8 Å². The average molecular weight is 413 g/mol. The highest BCUT2D eigenvalue weighted by Crippen LogP contribution is 2.70. The number of aliphatic hydroxyl groups is 2. The Bertz CT molecular complexity index is 752. The molecular weight excluding hydrogens is 382 g/mol. The molecule has 156 valence electrons. The molecule has 2 N–H and O–H groups in total. The van der Waals surface area contributed by atoms with Crippen molar-refractivity contribution in [1.29, 1.82) is 0 Å². The molecule has 0 aromatic heterocycles. The highest BCUT2D eigenvalue weighted by atomic mass is 32.1. The topological polar surface area (TPSA) is 57.5 Å². The zero-order chi connectivity index (χ0) is 20.6. The number of carbonyl (C=O) groups is 1. The average Bonchev–Trinajstić information content (AvgIpc) is 2.91. The highest BCUT2D eigenvalue weighted by molar-refractivity contribution is 7.80. The lowest BCUT2D eigenvalue weighted by molar-refractivity contribution is -0.204. The zero-order valence-electron chi connectivity index (χ0n) is 16.6. The Hall–Kier alpha value is -0.720. The van der Waals surface area contributed by atoms with E-state index in [0.717, 1.165) is 6.42 Å². The normalized spacial score (nSPS) is 53.9. The summed E-state index contributed by atoms with van der Waals surface area (Å²) in [5, 5.41) is 21.5. The van der Waals surface area contributed by atoms with E-state index in [2.05, 4.69) is 12.6 Å². The van der Waals surface area contributed by atoms with Gasteiger partial charge in [0.2, 0.25) is 0 Å². The molecule has 3 nitrogen and oxygen atoms in total. The molecule has 0 spiro atoms. The van der Waals surface area contributed by atoms with Crippen LogP contribution in [0, 0.1) is 34.5 Å². The Morgan fingerprint density at radius 2 is 2.00 bits per heavy atom. The number of allylic oxidation sites excluding steroid dienone is 4. The Balaban J connectivity index is 1.84. The molecule has 3 unspecified atom stereocenters. The fourth-order valence-electron chi connectivity index (χ4n) is 7.43. The smallest absolute Gasteiger partial charge is 0.178 e. The van der Waals surface area contributed by atoms with E-state index in [-0.39, 0.29) is 42.0 Å². The van der Waals surface area contributed by atoms with Gasteiger partial charge in [-0.1, -0.05) is 26.3 Å². The standard InChI is InChI=1S/C22H30F2O3S/c1-4-11-7-13-14-9-16(23)15-8-12(25)5-6-21(15,3)22(14,24)17(26)10-20(13,2)18(11)19(27)28/h5-6,8,11,13-14,16-19,26-28H,4,7,9-10H2,1-3H3/t11-,13?,14?,16+,17+,18-,19?,20+,21+,22+/m1/s1. The van der Waals surface area contributed by atoms with Crippen molar-refractivity contribution in [2.45, 2.75) is 69.8 Å². The first-order chi connectivity index (χ1) is 13.0. The second kappa shape index (κ2) is 6.39. The fourth-order valence-corrected chi connectivity index (χ4v) is 8.01. The number of halogens is 2. The van der Waals surface area contributed by atoms with Gasteiger partial charge in [-0.3, -0.25) is 4.79 Å². The molecule has 0 bridgehead atoms. The van der Waals surface area contributed by atoms with Gasteiger partial charge in [0.25, 0.3) is 0 Å². The summed E-state index contributed by atoms with van der Waals surface area (Å²) in [6.45, 7) is 5.66. The Labute approximate surface area is 170 Å². The van der Waals surface area contributed by atoms with Crippen molar-refractivity contribution < 1.29 is 23.8 Å². The molecule has 0 aromatic rings. The van der Waals surface area contributed by atoms with Gasteiger partial charge >= 0.3 is 0 Å². The Morgan fingerprint density at radius 3 is 2.61 bits per heavy atom. The summed E-state index contributed by atoms with van der Waals surface area (Å²) in [7, 11) is 0. The predicted molar refractivity (Wildman–Crippen MR) is 106 cm³/mol. The van der Waals surface area contributed by atoms with Gasteiger partial charge in [0.05, 0.1) is 6.10 Å². The van der Waals surface area contributed by atoms with E-state index in [1.165, 1.54) is 18.2 Å². The van der Waals surface area contributed by atoms with Crippen LogP contribution in [-0.4, -0.2) is 39.4 Å². The first kappa shape index (κ1) is 20.5. The maximum absolute atomic E-state index is 16.9. The van der Waals surface area contributed by atoms with Crippen LogP contribution in [0.2, 0.25) is 0 Å². The molecule has 3 fully saturated rings. The molecule has 4 rings (SSSR count). The van der Waals surface area contributed by atoms with Gasteiger partial charge in [-0.25, -0.2) is 8.78 Å². The van der Waals surface area contributed by atoms with E-state index >= 15 is 8.78 Å². The molecule has 0 saturated heterocycles. The molecule has 10 atom stereocenters. The number of aliphatic hydroxyl groups excluding tert-OH is 2. The van der Waals surface area contributed by atoms with Crippen molar-refractivity contribution in [3.8, 4) is 0 Å². The van der Waals surface area contributed by atoms with E-state index in [9.17, 15) is 15.0 Å². The number of hydrogen-bond acceptors (Lipinski definition) is 4. The maximum atomic E-state index is 16.9. The van der Waals surface area contributed by atoms with Crippen molar-refractivity contribution in [3.63, 3.8) is 0 Å². The number of alkyl halides is 2. The first-order valence-corrected chi connectivity index (χ1v) is 10.8. The molecule has 28 heavy (non-hydrogen) atoms. The molecule has 4 aliphatic carbocycles. The summed E-state index contributed by atoms with van der Waals surface area (Å²) in [6, 6.07) is 0. The van der Waals surface area contributed by atoms with Gasteiger partial charge in [0.1, 0.15) is 11.6 Å². The molecule has 0 radical (unpaired) electrons. The number of fused-ring (bicyclic) bond motifs is 5. The van der Waals surface area contributed by atoms with Gasteiger partial charge in [-0.05, 0) is 61.2 Å². The second-order valence-corrected chi connectivity index (χ2v) is 10.3.